The summed E-state index contributed by atoms with van der Waals surface area (Å²) in [6, 6.07) is 14.3. The number of aryl methyl sites for hydroxylation is 1. The van der Waals surface area contributed by atoms with Gasteiger partial charge in [-0.25, -0.2) is 4.98 Å². The molecule has 0 amide bonds. The Morgan fingerprint density at radius 1 is 1.15 bits per heavy atom. The number of H-pyrrole nitrogens is 1. The minimum absolute atomic E-state index is 0.227. The third kappa shape index (κ3) is 2.87. The van der Waals surface area contributed by atoms with Gasteiger partial charge < -0.3 is 4.98 Å². The lowest BCUT2D eigenvalue weighted by atomic mass is 9.89. The zero-order chi connectivity index (χ0) is 19.2. The maximum absolute atomic E-state index is 9.75. The SMILES string of the molecule is Cn1nc(C(C)(C)C)c(C#N)c1-c1nc2cc(-c3ccccc3)ncc2[nH]1. The molecule has 0 unspecified atom stereocenters. The Balaban J connectivity index is 1.87. The molecule has 4 aromatic rings. The van der Waals surface area contributed by atoms with Crippen LogP contribution in [0.2, 0.25) is 0 Å². The van der Waals surface area contributed by atoms with Crippen molar-refractivity contribution in [1.82, 2.24) is 24.7 Å². The summed E-state index contributed by atoms with van der Waals surface area (Å²) in [5.41, 5.74) is 5.33. The number of hydrogen-bond acceptors (Lipinski definition) is 4. The van der Waals surface area contributed by atoms with Crippen LogP contribution in [-0.4, -0.2) is 24.7 Å². The summed E-state index contributed by atoms with van der Waals surface area (Å²) in [5.74, 6) is 0.624. The fourth-order valence-corrected chi connectivity index (χ4v) is 3.21. The van der Waals surface area contributed by atoms with Crippen LogP contribution in [-0.2, 0) is 12.5 Å². The summed E-state index contributed by atoms with van der Waals surface area (Å²) in [4.78, 5) is 12.5. The van der Waals surface area contributed by atoms with Crippen LogP contribution in [0.5, 0.6) is 0 Å². The van der Waals surface area contributed by atoms with E-state index in [-0.39, 0.29) is 5.41 Å². The number of nitrogens with one attached hydrogen (secondary N) is 1. The second-order valence-corrected chi connectivity index (χ2v) is 7.60. The Labute approximate surface area is 157 Å². The van der Waals surface area contributed by atoms with Gasteiger partial charge in [-0.1, -0.05) is 51.1 Å². The molecule has 0 saturated carbocycles. The fourth-order valence-electron chi connectivity index (χ4n) is 3.21. The number of pyridine rings is 1. The second kappa shape index (κ2) is 6.06. The third-order valence-electron chi connectivity index (χ3n) is 4.53. The molecule has 0 spiro atoms. The Bertz CT molecular complexity index is 1170. The molecule has 3 aromatic heterocycles. The zero-order valence-electron chi connectivity index (χ0n) is 15.8. The highest BCUT2D eigenvalue weighted by Crippen LogP contribution is 2.32. The summed E-state index contributed by atoms with van der Waals surface area (Å²) in [5, 5.41) is 14.3. The predicted molar refractivity (Wildman–Crippen MR) is 105 cm³/mol. The van der Waals surface area contributed by atoms with Gasteiger partial charge in [0.05, 0.1) is 28.6 Å². The average Bonchev–Trinajstić information content (AvgIpc) is 3.21. The predicted octanol–water partition coefficient (Wildman–Crippen LogP) is 4.19. The highest BCUT2D eigenvalue weighted by molar-refractivity contribution is 5.82. The van der Waals surface area contributed by atoms with Gasteiger partial charge in [0, 0.05) is 18.0 Å². The van der Waals surface area contributed by atoms with Crippen LogP contribution >= 0.6 is 0 Å². The first kappa shape index (κ1) is 17.0. The molecular weight excluding hydrogens is 336 g/mol. The minimum atomic E-state index is -0.227. The van der Waals surface area contributed by atoms with Gasteiger partial charge >= 0.3 is 0 Å². The van der Waals surface area contributed by atoms with Crippen molar-refractivity contribution in [2.75, 3.05) is 0 Å². The molecule has 6 heteroatoms. The molecule has 0 aliphatic carbocycles. The average molecular weight is 356 g/mol. The first-order valence-corrected chi connectivity index (χ1v) is 8.77. The Morgan fingerprint density at radius 3 is 2.56 bits per heavy atom. The van der Waals surface area contributed by atoms with Gasteiger partial charge in [-0.05, 0) is 6.07 Å². The summed E-state index contributed by atoms with van der Waals surface area (Å²) in [6.45, 7) is 6.15. The molecule has 6 nitrogen and oxygen atoms in total. The maximum Gasteiger partial charge on any atom is 0.158 e. The topological polar surface area (TPSA) is 83.2 Å². The second-order valence-electron chi connectivity index (χ2n) is 7.60. The van der Waals surface area contributed by atoms with Crippen molar-refractivity contribution in [3.63, 3.8) is 0 Å². The van der Waals surface area contributed by atoms with E-state index in [1.807, 2.05) is 43.4 Å². The van der Waals surface area contributed by atoms with E-state index in [0.717, 1.165) is 28.0 Å². The van der Waals surface area contributed by atoms with E-state index in [0.29, 0.717) is 17.1 Å². The molecule has 0 radical (unpaired) electrons. The molecule has 0 atom stereocenters. The van der Waals surface area contributed by atoms with E-state index in [4.69, 9.17) is 4.98 Å². The number of rotatable bonds is 2. The molecule has 0 aliphatic rings. The van der Waals surface area contributed by atoms with Crippen molar-refractivity contribution >= 4 is 11.0 Å². The van der Waals surface area contributed by atoms with Crippen LogP contribution < -0.4 is 0 Å². The van der Waals surface area contributed by atoms with Crippen LogP contribution in [0.25, 0.3) is 33.8 Å². The van der Waals surface area contributed by atoms with Crippen molar-refractivity contribution in [3.05, 3.63) is 53.9 Å². The van der Waals surface area contributed by atoms with Crippen LogP contribution in [0.15, 0.2) is 42.6 Å². The molecule has 4 rings (SSSR count). The number of aromatic nitrogens is 5. The van der Waals surface area contributed by atoms with Gasteiger partial charge in [-0.3, -0.25) is 9.67 Å². The Hall–Kier alpha value is -3.46. The summed E-state index contributed by atoms with van der Waals surface area (Å²) < 4.78 is 1.72. The first-order valence-electron chi connectivity index (χ1n) is 8.77. The molecule has 27 heavy (non-hydrogen) atoms. The number of fused-ring (bicyclic) bond motifs is 1. The van der Waals surface area contributed by atoms with E-state index >= 15 is 0 Å². The number of nitrogens with zero attached hydrogens (tertiary/aromatic N) is 5. The van der Waals surface area contributed by atoms with E-state index < -0.39 is 0 Å². The van der Waals surface area contributed by atoms with E-state index in [1.165, 1.54) is 0 Å². The first-order chi connectivity index (χ1) is 12.9. The van der Waals surface area contributed by atoms with Gasteiger partial charge in [0.15, 0.2) is 5.82 Å². The lowest BCUT2D eigenvalue weighted by Gasteiger charge is -2.15. The molecular formula is C21H20N6. The Kier molecular flexibility index (Phi) is 3.81. The van der Waals surface area contributed by atoms with Gasteiger partial charge in [0.2, 0.25) is 0 Å². The van der Waals surface area contributed by atoms with Crippen molar-refractivity contribution in [2.24, 2.45) is 7.05 Å². The highest BCUT2D eigenvalue weighted by Gasteiger charge is 2.28. The quantitative estimate of drug-likeness (QED) is 0.583. The minimum Gasteiger partial charge on any atom is -0.335 e. The molecule has 1 aromatic carbocycles. The molecule has 3 heterocycles. The lowest BCUT2D eigenvalue weighted by molar-refractivity contribution is 0.552. The summed E-state index contributed by atoms with van der Waals surface area (Å²) >= 11 is 0. The van der Waals surface area contributed by atoms with Crippen LogP contribution in [0.1, 0.15) is 32.0 Å². The summed E-state index contributed by atoms with van der Waals surface area (Å²) in [6.07, 6.45) is 1.78. The molecule has 134 valence electrons. The Morgan fingerprint density at radius 2 is 1.89 bits per heavy atom. The lowest BCUT2D eigenvalue weighted by Crippen LogP contribution is -2.14. The van der Waals surface area contributed by atoms with Crippen LogP contribution in [0.4, 0.5) is 0 Å². The highest BCUT2D eigenvalue weighted by atomic mass is 15.3. The fraction of sp³-hybridized carbons (Fsp3) is 0.238. The third-order valence-corrected chi connectivity index (χ3v) is 4.53. The van der Waals surface area contributed by atoms with Gasteiger partial charge in [-0.15, -0.1) is 0 Å². The number of hydrogen-bond donors (Lipinski definition) is 1. The van der Waals surface area contributed by atoms with Crippen molar-refractivity contribution in [1.29, 1.82) is 5.26 Å². The van der Waals surface area contributed by atoms with Crippen LogP contribution in [0, 0.1) is 11.3 Å². The van der Waals surface area contributed by atoms with Gasteiger partial charge in [0.1, 0.15) is 17.3 Å². The normalized spacial score (nSPS) is 11.7. The summed E-state index contributed by atoms with van der Waals surface area (Å²) in [7, 11) is 1.84. The van der Waals surface area contributed by atoms with Crippen molar-refractivity contribution in [2.45, 2.75) is 26.2 Å². The van der Waals surface area contributed by atoms with Gasteiger partial charge in [0.25, 0.3) is 0 Å². The van der Waals surface area contributed by atoms with Crippen molar-refractivity contribution in [3.8, 4) is 28.8 Å². The monoisotopic (exact) mass is 356 g/mol. The largest absolute Gasteiger partial charge is 0.335 e. The van der Waals surface area contributed by atoms with E-state index in [1.54, 1.807) is 10.9 Å². The molecule has 0 aliphatic heterocycles. The zero-order valence-corrected chi connectivity index (χ0v) is 15.8. The number of imidazole rings is 1. The molecule has 0 bridgehead atoms. The van der Waals surface area contributed by atoms with E-state index in [2.05, 4.69) is 41.9 Å². The van der Waals surface area contributed by atoms with Gasteiger partial charge in [-0.2, -0.15) is 10.4 Å². The number of benzene rings is 1. The van der Waals surface area contributed by atoms with Crippen LogP contribution in [0.3, 0.4) is 0 Å². The molecule has 0 fully saturated rings. The smallest absolute Gasteiger partial charge is 0.158 e. The maximum atomic E-state index is 9.75. The van der Waals surface area contributed by atoms with Crippen molar-refractivity contribution < 1.29 is 0 Å². The number of aromatic amines is 1. The molecule has 0 saturated heterocycles. The number of nitriles is 1. The standard InChI is InChI=1S/C21H20N6/c1-21(2,3)19-14(11-22)18(27(4)26-19)20-24-16-10-15(23-12-17(16)25-20)13-8-6-5-7-9-13/h5-10,12H,1-4H3,(H,24,25). The van der Waals surface area contributed by atoms with E-state index in [9.17, 15) is 5.26 Å². The molecule has 1 N–H and O–H groups in total.